The monoisotopic (exact) mass is 575 g/mol. The van der Waals surface area contributed by atoms with Crippen LogP contribution in [0, 0.1) is 0 Å². The molecule has 0 radical (unpaired) electrons. The quantitative estimate of drug-likeness (QED) is 0.199. The first kappa shape index (κ1) is 25.4. The zero-order valence-electron chi connectivity index (χ0n) is 24.6. The maximum absolute atomic E-state index is 2.39. The minimum Gasteiger partial charge on any atom is -0.316 e. The Morgan fingerprint density at radius 2 is 0.978 bits per heavy atom. The number of nitrogens with zero attached hydrogens (tertiary/aromatic N) is 3. The average Bonchev–Trinajstić information content (AvgIpc) is 3.70. The molecule has 3 nitrogen and oxygen atoms in total. The van der Waals surface area contributed by atoms with E-state index in [9.17, 15) is 0 Å². The van der Waals surface area contributed by atoms with Crippen LogP contribution in [-0.4, -0.2) is 9.13 Å². The molecule has 0 spiro atoms. The molecule has 45 heavy (non-hydrogen) atoms. The number of hydrogen-bond donors (Lipinski definition) is 0. The van der Waals surface area contributed by atoms with Gasteiger partial charge in [-0.2, -0.15) is 0 Å². The van der Waals surface area contributed by atoms with Gasteiger partial charge in [0.2, 0.25) is 0 Å². The van der Waals surface area contributed by atoms with Crippen molar-refractivity contribution < 1.29 is 0 Å². The number of anilines is 3. The molecule has 2 heterocycles. The van der Waals surface area contributed by atoms with E-state index in [4.69, 9.17) is 0 Å². The van der Waals surface area contributed by atoms with Crippen LogP contribution in [0.4, 0.5) is 17.1 Å². The van der Waals surface area contributed by atoms with Crippen LogP contribution in [0.25, 0.3) is 54.9 Å². The topological polar surface area (TPSA) is 13.1 Å². The molecule has 212 valence electrons. The molecule has 0 fully saturated rings. The highest BCUT2D eigenvalue weighted by Gasteiger charge is 2.17. The van der Waals surface area contributed by atoms with Crippen molar-refractivity contribution in [2.45, 2.75) is 0 Å². The molecule has 0 saturated heterocycles. The Kier molecular flexibility index (Phi) is 5.82. The molecule has 2 aromatic heterocycles. The van der Waals surface area contributed by atoms with Gasteiger partial charge in [-0.05, 0) is 84.2 Å². The van der Waals surface area contributed by atoms with Crippen molar-refractivity contribution in [3.8, 4) is 11.4 Å². The number of fused-ring (bicyclic) bond motifs is 7. The summed E-state index contributed by atoms with van der Waals surface area (Å²) in [4.78, 5) is 2.30. The first-order valence-corrected chi connectivity index (χ1v) is 15.4. The Hall–Kier alpha value is -6.06. The van der Waals surface area contributed by atoms with Crippen molar-refractivity contribution in [1.82, 2.24) is 9.13 Å². The van der Waals surface area contributed by atoms with Crippen molar-refractivity contribution in [2.24, 2.45) is 0 Å². The predicted molar refractivity (Wildman–Crippen MR) is 190 cm³/mol. The molecular weight excluding hydrogens is 546 g/mol. The van der Waals surface area contributed by atoms with E-state index < -0.39 is 0 Å². The van der Waals surface area contributed by atoms with E-state index in [1.165, 1.54) is 49.2 Å². The molecule has 0 aliphatic rings. The summed E-state index contributed by atoms with van der Waals surface area (Å²) in [5, 5.41) is 6.30. The second-order valence-corrected chi connectivity index (χ2v) is 11.5. The Morgan fingerprint density at radius 1 is 0.378 bits per heavy atom. The summed E-state index contributed by atoms with van der Waals surface area (Å²) in [7, 11) is 0. The van der Waals surface area contributed by atoms with Gasteiger partial charge in [-0.1, -0.05) is 91.0 Å². The molecule has 9 rings (SSSR count). The van der Waals surface area contributed by atoms with Crippen molar-refractivity contribution in [1.29, 1.82) is 0 Å². The summed E-state index contributed by atoms with van der Waals surface area (Å²) < 4.78 is 4.72. The van der Waals surface area contributed by atoms with Crippen molar-refractivity contribution in [3.05, 3.63) is 176 Å². The standard InChI is InChI=1S/C42H29N3/c1-4-12-32(13-5-1)44(33-14-6-2-7-15-33)35-23-21-31(22-24-35)43-29-28-30-20-25-36-37(42(30)43)26-27-40-41(36)38-18-10-11-19-39(38)45(40)34-16-8-3-9-17-34/h1-29H. The highest BCUT2D eigenvalue weighted by atomic mass is 15.1. The van der Waals surface area contributed by atoms with Crippen LogP contribution < -0.4 is 4.90 Å². The van der Waals surface area contributed by atoms with E-state index >= 15 is 0 Å². The molecule has 0 amide bonds. The van der Waals surface area contributed by atoms with Crippen LogP contribution in [0.2, 0.25) is 0 Å². The zero-order valence-corrected chi connectivity index (χ0v) is 24.6. The molecule has 7 aromatic carbocycles. The lowest BCUT2D eigenvalue weighted by molar-refractivity contribution is 1.13. The normalized spacial score (nSPS) is 11.6. The minimum atomic E-state index is 1.12. The zero-order chi connectivity index (χ0) is 29.7. The van der Waals surface area contributed by atoms with Gasteiger partial charge in [-0.3, -0.25) is 0 Å². The number of aromatic nitrogens is 2. The minimum absolute atomic E-state index is 1.12. The predicted octanol–water partition coefficient (Wildman–Crippen LogP) is 11.4. The first-order valence-electron chi connectivity index (χ1n) is 15.4. The third kappa shape index (κ3) is 4.05. The van der Waals surface area contributed by atoms with E-state index in [2.05, 4.69) is 190 Å². The molecule has 0 saturated carbocycles. The maximum atomic E-state index is 2.39. The van der Waals surface area contributed by atoms with Gasteiger partial charge in [0.05, 0.1) is 16.6 Å². The molecule has 0 aliphatic heterocycles. The summed E-state index contributed by atoms with van der Waals surface area (Å²) >= 11 is 0. The molecule has 0 aliphatic carbocycles. The van der Waals surface area contributed by atoms with Gasteiger partial charge in [0.15, 0.2) is 0 Å². The Labute approximate surface area is 261 Å². The molecule has 0 N–H and O–H groups in total. The van der Waals surface area contributed by atoms with Gasteiger partial charge in [-0.25, -0.2) is 0 Å². The van der Waals surface area contributed by atoms with Gasteiger partial charge in [0.25, 0.3) is 0 Å². The summed E-state index contributed by atoms with van der Waals surface area (Å²) in [6.07, 6.45) is 2.20. The van der Waals surface area contributed by atoms with Crippen LogP contribution in [0.1, 0.15) is 0 Å². The Balaban J connectivity index is 1.22. The van der Waals surface area contributed by atoms with Crippen LogP contribution >= 0.6 is 0 Å². The van der Waals surface area contributed by atoms with Crippen molar-refractivity contribution in [2.75, 3.05) is 4.90 Å². The maximum Gasteiger partial charge on any atom is 0.0607 e. The summed E-state index contributed by atoms with van der Waals surface area (Å²) in [5.41, 5.74) is 9.36. The highest BCUT2D eigenvalue weighted by Crippen LogP contribution is 2.40. The molecule has 9 aromatic rings. The molecule has 0 bridgehead atoms. The smallest absolute Gasteiger partial charge is 0.0607 e. The van der Waals surface area contributed by atoms with Gasteiger partial charge < -0.3 is 14.0 Å². The van der Waals surface area contributed by atoms with Gasteiger partial charge in [0.1, 0.15) is 0 Å². The molecule has 0 unspecified atom stereocenters. The summed E-state index contributed by atoms with van der Waals surface area (Å²) in [6.45, 7) is 0. The third-order valence-electron chi connectivity index (χ3n) is 8.91. The second kappa shape index (κ2) is 10.3. The first-order chi connectivity index (χ1) is 22.3. The fourth-order valence-electron chi connectivity index (χ4n) is 6.94. The molecule has 0 atom stereocenters. The summed E-state index contributed by atoms with van der Waals surface area (Å²) in [5.74, 6) is 0. The lowest BCUT2D eigenvalue weighted by Gasteiger charge is -2.25. The van der Waals surface area contributed by atoms with E-state index in [-0.39, 0.29) is 0 Å². The van der Waals surface area contributed by atoms with Crippen molar-refractivity contribution in [3.63, 3.8) is 0 Å². The SMILES string of the molecule is c1ccc(N(c2ccccc2)c2ccc(-n3ccc4ccc5c(ccc6c5c5ccccc5n6-c5ccccc5)c43)cc2)cc1. The van der Waals surface area contributed by atoms with E-state index in [0.717, 1.165) is 22.7 Å². The highest BCUT2D eigenvalue weighted by molar-refractivity contribution is 6.25. The third-order valence-corrected chi connectivity index (χ3v) is 8.91. The Bertz CT molecular complexity index is 2420. The number of rotatable bonds is 5. The summed E-state index contributed by atoms with van der Waals surface area (Å²) in [6, 6.07) is 60.8. The molecular formula is C42H29N3. The van der Waals surface area contributed by atoms with Gasteiger partial charge in [0, 0.05) is 56.2 Å². The fourth-order valence-corrected chi connectivity index (χ4v) is 6.94. The van der Waals surface area contributed by atoms with Crippen LogP contribution in [0.5, 0.6) is 0 Å². The van der Waals surface area contributed by atoms with E-state index in [1.54, 1.807) is 0 Å². The lowest BCUT2D eigenvalue weighted by atomic mass is 10.0. The second-order valence-electron chi connectivity index (χ2n) is 11.5. The number of para-hydroxylation sites is 4. The Morgan fingerprint density at radius 3 is 1.69 bits per heavy atom. The van der Waals surface area contributed by atoms with Gasteiger partial charge >= 0.3 is 0 Å². The lowest BCUT2D eigenvalue weighted by Crippen LogP contribution is -2.09. The van der Waals surface area contributed by atoms with Crippen LogP contribution in [0.3, 0.4) is 0 Å². The number of hydrogen-bond acceptors (Lipinski definition) is 1. The van der Waals surface area contributed by atoms with Gasteiger partial charge in [-0.15, -0.1) is 0 Å². The average molecular weight is 576 g/mol. The van der Waals surface area contributed by atoms with E-state index in [1.807, 2.05) is 0 Å². The largest absolute Gasteiger partial charge is 0.316 e. The van der Waals surface area contributed by atoms with Crippen LogP contribution in [-0.2, 0) is 0 Å². The molecule has 3 heteroatoms. The fraction of sp³-hybridized carbons (Fsp3) is 0. The van der Waals surface area contributed by atoms with Crippen LogP contribution in [0.15, 0.2) is 176 Å². The van der Waals surface area contributed by atoms with Crippen molar-refractivity contribution >= 4 is 60.5 Å². The number of benzene rings is 7. The van der Waals surface area contributed by atoms with E-state index in [0.29, 0.717) is 0 Å².